The second-order valence-electron chi connectivity index (χ2n) is 5.06. The molecule has 0 bridgehead atoms. The first-order valence-corrected chi connectivity index (χ1v) is 8.64. The third-order valence-electron chi connectivity index (χ3n) is 2.99. The highest BCUT2D eigenvalue weighted by molar-refractivity contribution is 7.89. The molecule has 0 radical (unpaired) electrons. The Kier molecular flexibility index (Phi) is 7.49. The topological polar surface area (TPSA) is 102 Å². The molecule has 0 fully saturated rings. The molecule has 4 N–H and O–H groups in total. The molecule has 1 rings (SSSR count). The largest absolute Gasteiger partial charge is 0.492 e. The van der Waals surface area contributed by atoms with E-state index in [4.69, 9.17) is 15.6 Å². The van der Waals surface area contributed by atoms with Crippen LogP contribution < -0.4 is 15.2 Å². The summed E-state index contributed by atoms with van der Waals surface area (Å²) >= 11 is 0. The Morgan fingerprint density at radius 1 is 1.43 bits per heavy atom. The van der Waals surface area contributed by atoms with Gasteiger partial charge in [-0.2, -0.15) is 0 Å². The van der Waals surface area contributed by atoms with Crippen LogP contribution in [0.25, 0.3) is 0 Å². The molecule has 6 nitrogen and oxygen atoms in total. The number of anilines is 1. The molecule has 0 aromatic heterocycles. The number of nitrogens with one attached hydrogen (secondary N) is 1. The van der Waals surface area contributed by atoms with E-state index in [0.29, 0.717) is 24.4 Å². The maximum Gasteiger partial charge on any atom is 0.214 e. The summed E-state index contributed by atoms with van der Waals surface area (Å²) in [5.41, 5.74) is 6.18. The second kappa shape index (κ2) is 8.86. The van der Waals surface area contributed by atoms with E-state index in [0.717, 1.165) is 6.42 Å². The zero-order valence-corrected chi connectivity index (χ0v) is 13.1. The van der Waals surface area contributed by atoms with Crippen LogP contribution in [0, 0.1) is 5.92 Å². The average Bonchev–Trinajstić information content (AvgIpc) is 2.43. The number of ether oxygens (including phenoxy) is 1. The molecule has 21 heavy (non-hydrogen) atoms. The summed E-state index contributed by atoms with van der Waals surface area (Å²) in [6.45, 7) is 2.51. The Balaban J connectivity index is 2.23. The zero-order chi connectivity index (χ0) is 15.7. The highest BCUT2D eigenvalue weighted by atomic mass is 32.2. The van der Waals surface area contributed by atoms with Crippen molar-refractivity contribution in [3.8, 4) is 5.75 Å². The summed E-state index contributed by atoms with van der Waals surface area (Å²) in [7, 11) is -3.34. The molecule has 0 saturated heterocycles. The van der Waals surface area contributed by atoms with E-state index in [9.17, 15) is 8.42 Å². The van der Waals surface area contributed by atoms with Gasteiger partial charge in [-0.1, -0.05) is 13.0 Å². The van der Waals surface area contributed by atoms with Crippen LogP contribution in [0.15, 0.2) is 24.3 Å². The third-order valence-corrected chi connectivity index (χ3v) is 4.33. The summed E-state index contributed by atoms with van der Waals surface area (Å²) < 4.78 is 31.3. The van der Waals surface area contributed by atoms with Gasteiger partial charge in [0.2, 0.25) is 10.0 Å². The minimum atomic E-state index is -3.34. The van der Waals surface area contributed by atoms with Gasteiger partial charge < -0.3 is 15.6 Å². The SMILES string of the molecule is CC(CO)CCCNS(=O)(=O)CCOc1cccc(N)c1. The van der Waals surface area contributed by atoms with Gasteiger partial charge in [0.15, 0.2) is 0 Å². The quantitative estimate of drug-likeness (QED) is 0.441. The monoisotopic (exact) mass is 316 g/mol. The molecule has 1 aromatic rings. The van der Waals surface area contributed by atoms with Crippen molar-refractivity contribution in [2.75, 3.05) is 31.2 Å². The number of hydrogen-bond acceptors (Lipinski definition) is 5. The van der Waals surface area contributed by atoms with Crippen molar-refractivity contribution in [2.24, 2.45) is 5.92 Å². The van der Waals surface area contributed by atoms with Crippen molar-refractivity contribution in [1.82, 2.24) is 4.72 Å². The molecule has 0 amide bonds. The lowest BCUT2D eigenvalue weighted by atomic mass is 10.1. The number of nitrogen functional groups attached to an aromatic ring is 1. The van der Waals surface area contributed by atoms with E-state index >= 15 is 0 Å². The molecule has 0 aliphatic rings. The van der Waals surface area contributed by atoms with Crippen molar-refractivity contribution in [3.05, 3.63) is 24.3 Å². The fourth-order valence-corrected chi connectivity index (χ4v) is 2.62. The summed E-state index contributed by atoms with van der Waals surface area (Å²) in [6.07, 6.45) is 1.50. The van der Waals surface area contributed by atoms with E-state index in [2.05, 4.69) is 4.72 Å². The standard InChI is InChI=1S/C14H24N2O4S/c1-12(11-17)4-3-7-16-21(18,19)9-8-20-14-6-2-5-13(15)10-14/h2,5-6,10,12,16-17H,3-4,7-9,11,15H2,1H3. The lowest BCUT2D eigenvalue weighted by Gasteiger charge is -2.10. The van der Waals surface area contributed by atoms with Gasteiger partial charge in [0.1, 0.15) is 12.4 Å². The average molecular weight is 316 g/mol. The summed E-state index contributed by atoms with van der Waals surface area (Å²) in [5, 5.41) is 8.87. The van der Waals surface area contributed by atoms with Gasteiger partial charge in [0.05, 0.1) is 5.75 Å². The van der Waals surface area contributed by atoms with Crippen molar-refractivity contribution >= 4 is 15.7 Å². The van der Waals surface area contributed by atoms with Crippen molar-refractivity contribution < 1.29 is 18.3 Å². The fraction of sp³-hybridized carbons (Fsp3) is 0.571. The van der Waals surface area contributed by atoms with Crippen molar-refractivity contribution in [2.45, 2.75) is 19.8 Å². The Bertz CT molecular complexity index is 519. The highest BCUT2D eigenvalue weighted by Crippen LogP contribution is 2.14. The van der Waals surface area contributed by atoms with Crippen molar-refractivity contribution in [3.63, 3.8) is 0 Å². The maximum atomic E-state index is 11.7. The summed E-state index contributed by atoms with van der Waals surface area (Å²) in [4.78, 5) is 0. The van der Waals surface area contributed by atoms with E-state index in [1.807, 2.05) is 6.92 Å². The number of hydrogen-bond donors (Lipinski definition) is 3. The molecule has 1 unspecified atom stereocenters. The van der Waals surface area contributed by atoms with E-state index in [1.165, 1.54) is 0 Å². The van der Waals surface area contributed by atoms with Gasteiger partial charge in [-0.25, -0.2) is 13.1 Å². The van der Waals surface area contributed by atoms with Gasteiger partial charge in [0, 0.05) is 24.9 Å². The van der Waals surface area contributed by atoms with E-state index in [1.54, 1.807) is 24.3 Å². The molecular formula is C14H24N2O4S. The lowest BCUT2D eigenvalue weighted by molar-refractivity contribution is 0.228. The Labute approximate surface area is 126 Å². The van der Waals surface area contributed by atoms with Crippen LogP contribution in [-0.2, 0) is 10.0 Å². The van der Waals surface area contributed by atoms with E-state index in [-0.39, 0.29) is 24.9 Å². The smallest absolute Gasteiger partial charge is 0.214 e. The Hall–Kier alpha value is -1.31. The van der Waals surface area contributed by atoms with Crippen molar-refractivity contribution in [1.29, 1.82) is 0 Å². The predicted molar refractivity (Wildman–Crippen MR) is 83.6 cm³/mol. The number of nitrogens with two attached hydrogens (primary N) is 1. The molecule has 1 aromatic carbocycles. The maximum absolute atomic E-state index is 11.7. The van der Waals surface area contributed by atoms with Crippen LogP contribution in [0.5, 0.6) is 5.75 Å². The molecule has 0 aliphatic carbocycles. The van der Waals surface area contributed by atoms with Crippen LogP contribution in [-0.4, -0.2) is 39.0 Å². The Morgan fingerprint density at radius 2 is 2.19 bits per heavy atom. The second-order valence-corrected chi connectivity index (χ2v) is 6.99. The number of sulfonamides is 1. The summed E-state index contributed by atoms with van der Waals surface area (Å²) in [6, 6.07) is 6.86. The van der Waals surface area contributed by atoms with Crippen LogP contribution in [0.1, 0.15) is 19.8 Å². The van der Waals surface area contributed by atoms with E-state index < -0.39 is 10.0 Å². The third kappa shape index (κ3) is 7.89. The number of aliphatic hydroxyl groups excluding tert-OH is 1. The molecule has 0 spiro atoms. The van der Waals surface area contributed by atoms with Gasteiger partial charge >= 0.3 is 0 Å². The lowest BCUT2D eigenvalue weighted by Crippen LogP contribution is -2.30. The minimum absolute atomic E-state index is 0.0752. The van der Waals surface area contributed by atoms with Gasteiger partial charge in [0.25, 0.3) is 0 Å². The Morgan fingerprint density at radius 3 is 2.86 bits per heavy atom. The number of aliphatic hydroxyl groups is 1. The molecule has 1 atom stereocenters. The number of rotatable bonds is 10. The fourth-order valence-electron chi connectivity index (χ4n) is 1.72. The molecule has 7 heteroatoms. The van der Waals surface area contributed by atoms with Gasteiger partial charge in [-0.15, -0.1) is 0 Å². The summed E-state index contributed by atoms with van der Waals surface area (Å²) in [5.74, 6) is 0.653. The highest BCUT2D eigenvalue weighted by Gasteiger charge is 2.10. The molecular weight excluding hydrogens is 292 g/mol. The minimum Gasteiger partial charge on any atom is -0.492 e. The van der Waals surface area contributed by atoms with Gasteiger partial charge in [-0.05, 0) is 30.9 Å². The normalized spacial score (nSPS) is 13.0. The molecule has 0 aliphatic heterocycles. The predicted octanol–water partition coefficient (Wildman–Crippen LogP) is 0.976. The number of benzene rings is 1. The van der Waals surface area contributed by atoms with Crippen LogP contribution >= 0.6 is 0 Å². The zero-order valence-electron chi connectivity index (χ0n) is 12.3. The first-order chi connectivity index (χ1) is 9.93. The molecule has 0 heterocycles. The first kappa shape index (κ1) is 17.7. The van der Waals surface area contributed by atoms with Crippen LogP contribution in [0.4, 0.5) is 5.69 Å². The van der Waals surface area contributed by atoms with Gasteiger partial charge in [-0.3, -0.25) is 0 Å². The first-order valence-electron chi connectivity index (χ1n) is 6.99. The van der Waals surface area contributed by atoms with Crippen LogP contribution in [0.2, 0.25) is 0 Å². The molecule has 0 saturated carbocycles. The van der Waals surface area contributed by atoms with Crippen LogP contribution in [0.3, 0.4) is 0 Å². The molecule has 120 valence electrons.